The number of alkyl halides is 1. The molecule has 0 aliphatic carbocycles. The summed E-state index contributed by atoms with van der Waals surface area (Å²) in [5.74, 6) is 0. The molecule has 1 heterocycles. The standard InChI is InChI=1S/C17H19BrN2/c1-13-11-14(12-18)7-8-15(13)20-10-9-19(2)16-5-3-4-6-17(16)20/h3-8,11H,9-10,12H2,1-2H3. The maximum Gasteiger partial charge on any atom is 0.0649 e. The first kappa shape index (κ1) is 13.5. The first-order valence-corrected chi connectivity index (χ1v) is 8.06. The van der Waals surface area contributed by atoms with Gasteiger partial charge in [0.2, 0.25) is 0 Å². The van der Waals surface area contributed by atoms with E-state index in [9.17, 15) is 0 Å². The van der Waals surface area contributed by atoms with Crippen molar-refractivity contribution < 1.29 is 0 Å². The molecule has 0 atom stereocenters. The predicted octanol–water partition coefficient (Wildman–Crippen LogP) is 4.48. The van der Waals surface area contributed by atoms with Crippen LogP contribution in [0.2, 0.25) is 0 Å². The molecular formula is C17H19BrN2. The Morgan fingerprint density at radius 3 is 2.45 bits per heavy atom. The molecule has 0 unspecified atom stereocenters. The van der Waals surface area contributed by atoms with E-state index >= 15 is 0 Å². The summed E-state index contributed by atoms with van der Waals surface area (Å²) in [4.78, 5) is 4.76. The van der Waals surface area contributed by atoms with Gasteiger partial charge in [-0.3, -0.25) is 0 Å². The second-order valence-corrected chi connectivity index (χ2v) is 5.88. The highest BCUT2D eigenvalue weighted by atomic mass is 79.9. The molecule has 20 heavy (non-hydrogen) atoms. The van der Waals surface area contributed by atoms with Gasteiger partial charge in [0.25, 0.3) is 0 Å². The molecule has 0 saturated carbocycles. The minimum absolute atomic E-state index is 0.910. The first-order chi connectivity index (χ1) is 9.70. The number of nitrogens with zero attached hydrogens (tertiary/aromatic N) is 2. The molecule has 2 nitrogen and oxygen atoms in total. The number of hydrogen-bond donors (Lipinski definition) is 0. The molecule has 2 aromatic rings. The second-order valence-electron chi connectivity index (χ2n) is 5.32. The highest BCUT2D eigenvalue weighted by Crippen LogP contribution is 2.38. The summed E-state index contributed by atoms with van der Waals surface area (Å²) in [6, 6.07) is 15.4. The molecule has 1 aliphatic rings. The summed E-state index contributed by atoms with van der Waals surface area (Å²) in [5.41, 5.74) is 6.59. The van der Waals surface area contributed by atoms with E-state index in [0.29, 0.717) is 0 Å². The van der Waals surface area contributed by atoms with Gasteiger partial charge in [-0.15, -0.1) is 0 Å². The number of rotatable bonds is 2. The third-order valence-corrected chi connectivity index (χ3v) is 4.60. The number of benzene rings is 2. The Kier molecular flexibility index (Phi) is 3.70. The zero-order valence-electron chi connectivity index (χ0n) is 11.9. The molecule has 104 valence electrons. The fraction of sp³-hybridized carbons (Fsp3) is 0.294. The monoisotopic (exact) mass is 330 g/mol. The fourth-order valence-electron chi connectivity index (χ4n) is 2.86. The lowest BCUT2D eigenvalue weighted by molar-refractivity contribution is 0.820. The van der Waals surface area contributed by atoms with Crippen molar-refractivity contribution in [3.05, 3.63) is 53.6 Å². The molecule has 0 radical (unpaired) electrons. The van der Waals surface area contributed by atoms with Crippen LogP contribution in [-0.2, 0) is 5.33 Å². The lowest BCUT2D eigenvalue weighted by Gasteiger charge is -2.37. The fourth-order valence-corrected chi connectivity index (χ4v) is 3.21. The van der Waals surface area contributed by atoms with Crippen LogP contribution in [0.1, 0.15) is 11.1 Å². The Labute approximate surface area is 129 Å². The summed E-state index contributed by atoms with van der Waals surface area (Å²) in [6.45, 7) is 4.28. The minimum atomic E-state index is 0.910. The van der Waals surface area contributed by atoms with Crippen LogP contribution in [0.4, 0.5) is 17.1 Å². The van der Waals surface area contributed by atoms with Crippen molar-refractivity contribution in [2.45, 2.75) is 12.3 Å². The molecule has 0 N–H and O–H groups in total. The Bertz CT molecular complexity index is 624. The number of aryl methyl sites for hydroxylation is 1. The smallest absolute Gasteiger partial charge is 0.0649 e. The molecule has 0 aromatic heterocycles. The van der Waals surface area contributed by atoms with Crippen molar-refractivity contribution in [2.75, 3.05) is 29.9 Å². The summed E-state index contributed by atoms with van der Waals surface area (Å²) < 4.78 is 0. The number of fused-ring (bicyclic) bond motifs is 1. The van der Waals surface area contributed by atoms with Crippen LogP contribution < -0.4 is 9.80 Å². The van der Waals surface area contributed by atoms with Gasteiger partial charge in [0, 0.05) is 31.2 Å². The van der Waals surface area contributed by atoms with Crippen molar-refractivity contribution in [3.63, 3.8) is 0 Å². The van der Waals surface area contributed by atoms with Crippen molar-refractivity contribution >= 4 is 33.0 Å². The highest BCUT2D eigenvalue weighted by Gasteiger charge is 2.21. The third kappa shape index (κ3) is 2.31. The van der Waals surface area contributed by atoms with E-state index in [2.05, 4.69) is 82.2 Å². The Morgan fingerprint density at radius 2 is 1.75 bits per heavy atom. The van der Waals surface area contributed by atoms with Crippen LogP contribution in [0.5, 0.6) is 0 Å². The Balaban J connectivity index is 2.05. The van der Waals surface area contributed by atoms with E-state index in [4.69, 9.17) is 0 Å². The van der Waals surface area contributed by atoms with E-state index in [1.165, 1.54) is 28.2 Å². The maximum atomic E-state index is 3.53. The summed E-state index contributed by atoms with van der Waals surface area (Å²) in [6.07, 6.45) is 0. The number of anilines is 3. The SMILES string of the molecule is Cc1cc(CBr)ccc1N1CCN(C)c2ccccc21. The second kappa shape index (κ2) is 5.49. The van der Waals surface area contributed by atoms with Gasteiger partial charge in [-0.2, -0.15) is 0 Å². The van der Waals surface area contributed by atoms with E-state index in [1.54, 1.807) is 0 Å². The third-order valence-electron chi connectivity index (χ3n) is 3.95. The van der Waals surface area contributed by atoms with Gasteiger partial charge >= 0.3 is 0 Å². The maximum absolute atomic E-state index is 3.53. The minimum Gasteiger partial charge on any atom is -0.371 e. The van der Waals surface area contributed by atoms with Gasteiger partial charge in [0.15, 0.2) is 0 Å². The number of halogens is 1. The highest BCUT2D eigenvalue weighted by molar-refractivity contribution is 9.08. The largest absolute Gasteiger partial charge is 0.371 e. The molecule has 2 aromatic carbocycles. The van der Waals surface area contributed by atoms with E-state index < -0.39 is 0 Å². The average Bonchev–Trinajstić information content (AvgIpc) is 2.48. The Hall–Kier alpha value is -1.48. The quantitative estimate of drug-likeness (QED) is 0.749. The first-order valence-electron chi connectivity index (χ1n) is 6.94. The number of hydrogen-bond acceptors (Lipinski definition) is 2. The predicted molar refractivity (Wildman–Crippen MR) is 90.5 cm³/mol. The van der Waals surface area contributed by atoms with Gasteiger partial charge < -0.3 is 9.80 Å². The topological polar surface area (TPSA) is 6.48 Å². The van der Waals surface area contributed by atoms with Crippen LogP contribution >= 0.6 is 15.9 Å². The van der Waals surface area contributed by atoms with Gasteiger partial charge in [-0.1, -0.05) is 40.2 Å². The molecule has 0 amide bonds. The van der Waals surface area contributed by atoms with Crippen molar-refractivity contribution in [2.24, 2.45) is 0 Å². The lowest BCUT2D eigenvalue weighted by Crippen LogP contribution is -2.36. The van der Waals surface area contributed by atoms with Gasteiger partial charge in [-0.25, -0.2) is 0 Å². The van der Waals surface area contributed by atoms with Crippen LogP contribution in [-0.4, -0.2) is 20.1 Å². The molecule has 1 aliphatic heterocycles. The summed E-state index contributed by atoms with van der Waals surface area (Å²) in [7, 11) is 2.16. The van der Waals surface area contributed by atoms with E-state index in [1.807, 2.05) is 0 Å². The van der Waals surface area contributed by atoms with Gasteiger partial charge in [0.05, 0.1) is 11.4 Å². The van der Waals surface area contributed by atoms with E-state index in [0.717, 1.165) is 18.4 Å². The average molecular weight is 331 g/mol. The molecule has 3 rings (SSSR count). The molecule has 0 fully saturated rings. The van der Waals surface area contributed by atoms with Crippen molar-refractivity contribution in [1.29, 1.82) is 0 Å². The molecule has 3 heteroatoms. The van der Waals surface area contributed by atoms with Gasteiger partial charge in [0.1, 0.15) is 0 Å². The van der Waals surface area contributed by atoms with Gasteiger partial charge in [-0.05, 0) is 36.2 Å². The van der Waals surface area contributed by atoms with Crippen molar-refractivity contribution in [3.8, 4) is 0 Å². The van der Waals surface area contributed by atoms with Crippen LogP contribution in [0.25, 0.3) is 0 Å². The summed E-state index contributed by atoms with van der Waals surface area (Å²) in [5, 5.41) is 0.910. The van der Waals surface area contributed by atoms with Crippen molar-refractivity contribution in [1.82, 2.24) is 0 Å². The molecule has 0 saturated heterocycles. The molecule has 0 spiro atoms. The van der Waals surface area contributed by atoms with Crippen LogP contribution in [0.3, 0.4) is 0 Å². The zero-order valence-corrected chi connectivity index (χ0v) is 13.5. The lowest BCUT2D eigenvalue weighted by atomic mass is 10.1. The zero-order chi connectivity index (χ0) is 14.1. The number of likely N-dealkylation sites (N-methyl/N-ethyl adjacent to an activating group) is 1. The normalized spacial score (nSPS) is 14.3. The number of para-hydroxylation sites is 2. The van der Waals surface area contributed by atoms with E-state index in [-0.39, 0.29) is 0 Å². The van der Waals surface area contributed by atoms with Crippen LogP contribution in [0.15, 0.2) is 42.5 Å². The van der Waals surface area contributed by atoms with Crippen LogP contribution in [0, 0.1) is 6.92 Å². The Morgan fingerprint density at radius 1 is 1.00 bits per heavy atom. The molecule has 0 bridgehead atoms. The molecular weight excluding hydrogens is 312 g/mol. The summed E-state index contributed by atoms with van der Waals surface area (Å²) >= 11 is 3.53.